The van der Waals surface area contributed by atoms with E-state index in [2.05, 4.69) is 10.3 Å². The van der Waals surface area contributed by atoms with Crippen LogP contribution in [0.5, 0.6) is 5.75 Å². The van der Waals surface area contributed by atoms with Crippen molar-refractivity contribution in [2.75, 3.05) is 20.3 Å². The van der Waals surface area contributed by atoms with Crippen molar-refractivity contribution in [2.24, 2.45) is 10.7 Å². The van der Waals surface area contributed by atoms with Crippen LogP contribution in [-0.4, -0.2) is 32.3 Å². The van der Waals surface area contributed by atoms with E-state index in [9.17, 15) is 0 Å². The molecule has 0 aromatic heterocycles. The van der Waals surface area contributed by atoms with Gasteiger partial charge < -0.3 is 20.5 Å². The molecule has 0 unspecified atom stereocenters. The number of ether oxygens (including phenoxy) is 2. The lowest BCUT2D eigenvalue weighted by atomic mass is 10.1. The molecule has 1 aromatic carbocycles. The molecule has 0 heterocycles. The van der Waals surface area contributed by atoms with Crippen LogP contribution in [0.25, 0.3) is 0 Å². The summed E-state index contributed by atoms with van der Waals surface area (Å²) in [6.07, 6.45) is 7.64. The highest BCUT2D eigenvalue weighted by molar-refractivity contribution is 14.0. The number of rotatable bonds is 7. The number of hydrogen-bond acceptors (Lipinski definition) is 3. The maximum Gasteiger partial charge on any atom is 0.188 e. The largest absolute Gasteiger partial charge is 0.496 e. The van der Waals surface area contributed by atoms with Crippen LogP contribution in [0.15, 0.2) is 29.3 Å². The van der Waals surface area contributed by atoms with E-state index in [1.807, 2.05) is 24.3 Å². The molecule has 1 aliphatic rings. The Hall–Kier alpha value is -1.02. The fourth-order valence-electron chi connectivity index (χ4n) is 2.91. The van der Waals surface area contributed by atoms with Crippen LogP contribution in [0.2, 0.25) is 0 Å². The van der Waals surface area contributed by atoms with E-state index in [1.54, 1.807) is 7.11 Å². The van der Waals surface area contributed by atoms with Crippen LogP contribution >= 0.6 is 24.0 Å². The Labute approximate surface area is 162 Å². The zero-order valence-corrected chi connectivity index (χ0v) is 16.8. The van der Waals surface area contributed by atoms with Gasteiger partial charge in [0, 0.05) is 11.6 Å². The number of hydrogen-bond donors (Lipinski definition) is 2. The summed E-state index contributed by atoms with van der Waals surface area (Å²) in [5.41, 5.74) is 7.00. The highest BCUT2D eigenvalue weighted by Gasteiger charge is 2.12. The van der Waals surface area contributed by atoms with Crippen LogP contribution in [-0.2, 0) is 11.3 Å². The predicted octanol–water partition coefficient (Wildman–Crippen LogP) is 3.46. The average Bonchev–Trinajstić information content (AvgIpc) is 2.83. The Bertz CT molecular complexity index is 489. The first-order valence-corrected chi connectivity index (χ1v) is 8.55. The molecular weight excluding hydrogens is 417 g/mol. The first-order chi connectivity index (χ1) is 11.3. The Morgan fingerprint density at radius 3 is 2.62 bits per heavy atom. The van der Waals surface area contributed by atoms with Crippen molar-refractivity contribution in [1.29, 1.82) is 0 Å². The quantitative estimate of drug-likeness (QED) is 0.221. The van der Waals surface area contributed by atoms with Crippen molar-refractivity contribution in [3.8, 4) is 5.75 Å². The minimum atomic E-state index is 0. The Morgan fingerprint density at radius 2 is 1.92 bits per heavy atom. The lowest BCUT2D eigenvalue weighted by Gasteiger charge is -2.16. The number of nitrogens with one attached hydrogen (secondary N) is 1. The van der Waals surface area contributed by atoms with Gasteiger partial charge in [0.05, 0.1) is 26.9 Å². The van der Waals surface area contributed by atoms with Gasteiger partial charge in [-0.1, -0.05) is 43.9 Å². The van der Waals surface area contributed by atoms with E-state index < -0.39 is 0 Å². The number of nitrogens with zero attached hydrogens (tertiary/aromatic N) is 1. The van der Waals surface area contributed by atoms with Gasteiger partial charge in [-0.2, -0.15) is 0 Å². The van der Waals surface area contributed by atoms with Gasteiger partial charge in [0.25, 0.3) is 0 Å². The van der Waals surface area contributed by atoms with Gasteiger partial charge in [-0.3, -0.25) is 4.99 Å². The highest BCUT2D eigenvalue weighted by Crippen LogP contribution is 2.18. The van der Waals surface area contributed by atoms with E-state index in [0.717, 1.165) is 11.3 Å². The molecule has 136 valence electrons. The summed E-state index contributed by atoms with van der Waals surface area (Å²) in [5, 5.41) is 3.34. The summed E-state index contributed by atoms with van der Waals surface area (Å²) in [6.45, 7) is 1.64. The summed E-state index contributed by atoms with van der Waals surface area (Å²) in [7, 11) is 1.67. The summed E-state index contributed by atoms with van der Waals surface area (Å²) in [6, 6.07) is 8.35. The van der Waals surface area contributed by atoms with Gasteiger partial charge in [-0.25, -0.2) is 0 Å². The second-order valence-electron chi connectivity index (χ2n) is 5.96. The van der Waals surface area contributed by atoms with Crippen molar-refractivity contribution in [2.45, 2.75) is 51.2 Å². The zero-order chi connectivity index (χ0) is 16.3. The lowest BCUT2D eigenvalue weighted by Crippen LogP contribution is -2.40. The van der Waals surface area contributed by atoms with Gasteiger partial charge >= 0.3 is 0 Å². The highest BCUT2D eigenvalue weighted by atomic mass is 127. The third-order valence-corrected chi connectivity index (χ3v) is 4.18. The minimum absolute atomic E-state index is 0. The van der Waals surface area contributed by atoms with E-state index in [0.29, 0.717) is 31.8 Å². The second kappa shape index (κ2) is 12.4. The molecule has 0 saturated heterocycles. The Balaban J connectivity index is 0.00000288. The van der Waals surface area contributed by atoms with E-state index in [4.69, 9.17) is 15.2 Å². The summed E-state index contributed by atoms with van der Waals surface area (Å²) >= 11 is 0. The fraction of sp³-hybridized carbons (Fsp3) is 0.611. The van der Waals surface area contributed by atoms with Crippen LogP contribution in [0.1, 0.15) is 44.1 Å². The summed E-state index contributed by atoms with van der Waals surface area (Å²) in [5.74, 6) is 1.39. The molecule has 2 rings (SSSR count). The topological polar surface area (TPSA) is 68.9 Å². The number of halogens is 1. The van der Waals surface area contributed by atoms with Gasteiger partial charge in [0.1, 0.15) is 5.75 Å². The smallest absolute Gasteiger partial charge is 0.188 e. The molecule has 0 aliphatic heterocycles. The third kappa shape index (κ3) is 7.70. The number of nitrogens with two attached hydrogens (primary N) is 1. The molecule has 0 radical (unpaired) electrons. The van der Waals surface area contributed by atoms with Gasteiger partial charge in [0.15, 0.2) is 5.96 Å². The fourth-order valence-corrected chi connectivity index (χ4v) is 2.91. The molecule has 1 fully saturated rings. The number of guanidine groups is 1. The molecule has 1 aliphatic carbocycles. The van der Waals surface area contributed by atoms with E-state index in [1.165, 1.54) is 38.5 Å². The zero-order valence-electron chi connectivity index (χ0n) is 14.5. The molecule has 0 bridgehead atoms. The van der Waals surface area contributed by atoms with Crippen molar-refractivity contribution in [3.63, 3.8) is 0 Å². The first kappa shape index (κ1) is 21.0. The first-order valence-electron chi connectivity index (χ1n) is 8.55. The number of methoxy groups -OCH3 is 1. The van der Waals surface area contributed by atoms with E-state index >= 15 is 0 Å². The van der Waals surface area contributed by atoms with Crippen LogP contribution in [0.4, 0.5) is 0 Å². The van der Waals surface area contributed by atoms with Crippen LogP contribution < -0.4 is 15.8 Å². The van der Waals surface area contributed by atoms with Crippen LogP contribution in [0, 0.1) is 0 Å². The molecule has 24 heavy (non-hydrogen) atoms. The average molecular weight is 447 g/mol. The standard InChI is InChI=1S/C18H29N3O2.HI/c1-22-17-11-7-6-8-15(17)14-23-13-12-20-18(19)21-16-9-4-2-3-5-10-16;/h6-8,11,16H,2-5,9-10,12-14H2,1H3,(H3,19,20,21);1H. The maximum absolute atomic E-state index is 5.96. The van der Waals surface area contributed by atoms with E-state index in [-0.39, 0.29) is 24.0 Å². The number of para-hydroxylation sites is 1. The minimum Gasteiger partial charge on any atom is -0.496 e. The van der Waals surface area contributed by atoms with Gasteiger partial charge in [-0.05, 0) is 18.9 Å². The molecule has 5 nitrogen and oxygen atoms in total. The van der Waals surface area contributed by atoms with Gasteiger partial charge in [-0.15, -0.1) is 24.0 Å². The molecule has 1 saturated carbocycles. The Kier molecular flexibility index (Phi) is 10.8. The van der Waals surface area contributed by atoms with Crippen molar-refractivity contribution in [1.82, 2.24) is 5.32 Å². The van der Waals surface area contributed by atoms with Crippen molar-refractivity contribution < 1.29 is 9.47 Å². The third-order valence-electron chi connectivity index (χ3n) is 4.18. The van der Waals surface area contributed by atoms with Crippen molar-refractivity contribution in [3.05, 3.63) is 29.8 Å². The number of benzene rings is 1. The molecule has 6 heteroatoms. The normalized spacial score (nSPS) is 16.1. The molecule has 0 amide bonds. The summed E-state index contributed by atoms with van der Waals surface area (Å²) < 4.78 is 10.9. The monoisotopic (exact) mass is 447 g/mol. The molecule has 0 spiro atoms. The number of aliphatic imine (C=N–C) groups is 1. The summed E-state index contributed by atoms with van der Waals surface area (Å²) in [4.78, 5) is 4.35. The van der Waals surface area contributed by atoms with Crippen molar-refractivity contribution >= 4 is 29.9 Å². The molecular formula is C18H30IN3O2. The molecule has 1 aromatic rings. The SMILES string of the molecule is COc1ccccc1COCCN=C(N)NC1CCCCCC1.I. The molecule has 0 atom stereocenters. The van der Waals surface area contributed by atoms with Crippen LogP contribution in [0.3, 0.4) is 0 Å². The lowest BCUT2D eigenvalue weighted by molar-refractivity contribution is 0.126. The second-order valence-corrected chi connectivity index (χ2v) is 5.96. The maximum atomic E-state index is 5.96. The Morgan fingerprint density at radius 1 is 1.21 bits per heavy atom. The molecule has 3 N–H and O–H groups in total. The predicted molar refractivity (Wildman–Crippen MR) is 109 cm³/mol. The van der Waals surface area contributed by atoms with Gasteiger partial charge in [0.2, 0.25) is 0 Å².